The van der Waals surface area contributed by atoms with Crippen LogP contribution >= 0.6 is 11.3 Å². The van der Waals surface area contributed by atoms with Gasteiger partial charge in [0, 0.05) is 30.8 Å². The maximum Gasteiger partial charge on any atom is 0.326 e. The highest BCUT2D eigenvalue weighted by Gasteiger charge is 2.27. The summed E-state index contributed by atoms with van der Waals surface area (Å²) in [7, 11) is -3.58. The third kappa shape index (κ3) is 4.75. The van der Waals surface area contributed by atoms with Gasteiger partial charge >= 0.3 is 5.97 Å². The van der Waals surface area contributed by atoms with E-state index in [-0.39, 0.29) is 23.6 Å². The third-order valence-electron chi connectivity index (χ3n) is 5.94. The van der Waals surface area contributed by atoms with Crippen LogP contribution in [0.3, 0.4) is 0 Å². The zero-order valence-corrected chi connectivity index (χ0v) is 21.3. The van der Waals surface area contributed by atoms with Crippen molar-refractivity contribution in [2.45, 2.75) is 31.2 Å². The van der Waals surface area contributed by atoms with E-state index in [1.807, 2.05) is 0 Å². The molecule has 0 atom stereocenters. The molecule has 2 aliphatic heterocycles. The molecular formula is C24H25N3O7S2. The monoisotopic (exact) mass is 531 g/mol. The van der Waals surface area contributed by atoms with E-state index < -0.39 is 21.9 Å². The molecule has 1 saturated heterocycles. The summed E-state index contributed by atoms with van der Waals surface area (Å²) >= 11 is 1.23. The predicted molar refractivity (Wildman–Crippen MR) is 132 cm³/mol. The first-order valence-electron chi connectivity index (χ1n) is 11.6. The van der Waals surface area contributed by atoms with Crippen LogP contribution < -0.4 is 14.3 Å². The highest BCUT2D eigenvalue weighted by atomic mass is 32.2. The van der Waals surface area contributed by atoms with Crippen LogP contribution in [-0.4, -0.2) is 62.1 Å². The van der Waals surface area contributed by atoms with Crippen LogP contribution in [0.4, 0.5) is 0 Å². The number of carbonyl (C=O) groups excluding carboxylic acids is 2. The fourth-order valence-corrected chi connectivity index (χ4v) is 6.73. The Morgan fingerprint density at radius 1 is 1.06 bits per heavy atom. The second-order valence-electron chi connectivity index (χ2n) is 8.29. The number of sulfonamides is 1. The number of carbonyl (C=O) groups is 2. The van der Waals surface area contributed by atoms with Gasteiger partial charge in [0.05, 0.1) is 21.7 Å². The largest absolute Gasteiger partial charge is 0.486 e. The Hall–Kier alpha value is -3.22. The molecule has 2 aliphatic rings. The molecule has 0 unspecified atom stereocenters. The molecule has 0 aliphatic carbocycles. The number of amides is 1. The molecule has 0 bridgehead atoms. The van der Waals surface area contributed by atoms with Crippen molar-refractivity contribution in [3.05, 3.63) is 46.8 Å². The minimum Gasteiger partial charge on any atom is -0.486 e. The Morgan fingerprint density at radius 2 is 1.72 bits per heavy atom. The van der Waals surface area contributed by atoms with Crippen molar-refractivity contribution < 1.29 is 32.2 Å². The van der Waals surface area contributed by atoms with Gasteiger partial charge < -0.3 is 18.8 Å². The smallest absolute Gasteiger partial charge is 0.326 e. The number of rotatable bonds is 6. The van der Waals surface area contributed by atoms with Crippen LogP contribution in [-0.2, 0) is 26.1 Å². The van der Waals surface area contributed by atoms with Gasteiger partial charge in [-0.25, -0.2) is 8.42 Å². The number of ether oxygens (including phenoxy) is 3. The van der Waals surface area contributed by atoms with Crippen molar-refractivity contribution in [1.29, 1.82) is 0 Å². The number of esters is 1. The second-order valence-corrected chi connectivity index (χ2v) is 11.2. The van der Waals surface area contributed by atoms with Gasteiger partial charge in [-0.3, -0.25) is 9.59 Å². The zero-order chi connectivity index (χ0) is 25.3. The van der Waals surface area contributed by atoms with E-state index in [1.54, 1.807) is 23.6 Å². The molecule has 1 aromatic heterocycles. The van der Waals surface area contributed by atoms with Gasteiger partial charge in [0.1, 0.15) is 19.8 Å². The molecule has 0 radical (unpaired) electrons. The summed E-state index contributed by atoms with van der Waals surface area (Å²) in [6, 6.07) is 9.34. The molecule has 10 nitrogen and oxygen atoms in total. The van der Waals surface area contributed by atoms with Crippen LogP contribution in [0.2, 0.25) is 0 Å². The second kappa shape index (κ2) is 10.0. The summed E-state index contributed by atoms with van der Waals surface area (Å²) in [4.78, 5) is 30.1. The Morgan fingerprint density at radius 3 is 2.39 bits per heavy atom. The molecule has 36 heavy (non-hydrogen) atoms. The van der Waals surface area contributed by atoms with Crippen molar-refractivity contribution in [2.75, 3.05) is 32.9 Å². The predicted octanol–water partition coefficient (Wildman–Crippen LogP) is 2.56. The minimum absolute atomic E-state index is 0.132. The van der Waals surface area contributed by atoms with Gasteiger partial charge in [0.25, 0.3) is 5.91 Å². The molecule has 0 N–H and O–H groups in total. The number of nitrogens with zero attached hydrogens (tertiary/aromatic N) is 3. The van der Waals surface area contributed by atoms with Crippen molar-refractivity contribution in [2.24, 2.45) is 4.99 Å². The molecule has 1 fully saturated rings. The summed E-state index contributed by atoms with van der Waals surface area (Å²) in [5.74, 6) is 0.127. The Bertz CT molecular complexity index is 1480. The number of hydrogen-bond acceptors (Lipinski definition) is 8. The lowest BCUT2D eigenvalue weighted by molar-refractivity contribution is -0.143. The molecule has 0 spiro atoms. The van der Waals surface area contributed by atoms with E-state index >= 15 is 0 Å². The van der Waals surface area contributed by atoms with Gasteiger partial charge in [-0.05, 0) is 44.0 Å². The molecule has 5 rings (SSSR count). The molecule has 2 aromatic carbocycles. The first-order valence-corrected chi connectivity index (χ1v) is 13.9. The van der Waals surface area contributed by atoms with Crippen LogP contribution in [0.25, 0.3) is 10.2 Å². The molecule has 1 amide bonds. The standard InChI is InChI=1S/C24H25N3O7S2/c1-2-32-22(28)15-27-18-13-19-20(34-12-11-33-19)14-21(18)35-24(27)25-23(29)16-5-7-17(8-6-16)36(30,31)26-9-3-4-10-26/h5-8,13-14H,2-4,9-12,15H2,1H3. The number of thiazole rings is 1. The fourth-order valence-electron chi connectivity index (χ4n) is 4.18. The molecule has 3 heterocycles. The molecule has 0 saturated carbocycles. The van der Waals surface area contributed by atoms with Crippen molar-refractivity contribution in [3.63, 3.8) is 0 Å². The Balaban J connectivity index is 1.50. The lowest BCUT2D eigenvalue weighted by Gasteiger charge is -2.18. The average molecular weight is 532 g/mol. The maximum absolute atomic E-state index is 13.0. The van der Waals surface area contributed by atoms with Gasteiger partial charge in [0.15, 0.2) is 16.3 Å². The van der Waals surface area contributed by atoms with Crippen LogP contribution in [0, 0.1) is 0 Å². The maximum atomic E-state index is 13.0. The number of hydrogen-bond donors (Lipinski definition) is 0. The molecule has 12 heteroatoms. The van der Waals surface area contributed by atoms with Crippen molar-refractivity contribution in [1.82, 2.24) is 8.87 Å². The Kier molecular flexibility index (Phi) is 6.82. The number of aromatic nitrogens is 1. The van der Waals surface area contributed by atoms with E-state index in [1.165, 1.54) is 39.9 Å². The van der Waals surface area contributed by atoms with E-state index in [2.05, 4.69) is 4.99 Å². The highest BCUT2D eigenvalue weighted by Crippen LogP contribution is 2.35. The molecular weight excluding hydrogens is 506 g/mol. The van der Waals surface area contributed by atoms with Gasteiger partial charge in [0.2, 0.25) is 10.0 Å². The van der Waals surface area contributed by atoms with Crippen molar-refractivity contribution >= 4 is 43.5 Å². The SMILES string of the molecule is CCOC(=O)Cn1c(=NC(=O)c2ccc(S(=O)(=O)N3CCCC3)cc2)sc2cc3c(cc21)OCCO3. The summed E-state index contributed by atoms with van der Waals surface area (Å²) in [5, 5.41) is 0. The summed E-state index contributed by atoms with van der Waals surface area (Å²) in [6.07, 6.45) is 1.69. The van der Waals surface area contributed by atoms with Gasteiger partial charge in [-0.1, -0.05) is 11.3 Å². The van der Waals surface area contributed by atoms with Crippen LogP contribution in [0.1, 0.15) is 30.1 Å². The van der Waals surface area contributed by atoms with Gasteiger partial charge in [-0.2, -0.15) is 9.30 Å². The van der Waals surface area contributed by atoms with E-state index in [4.69, 9.17) is 14.2 Å². The van der Waals surface area contributed by atoms with E-state index in [0.29, 0.717) is 48.1 Å². The highest BCUT2D eigenvalue weighted by molar-refractivity contribution is 7.89. The van der Waals surface area contributed by atoms with E-state index in [0.717, 1.165) is 17.5 Å². The molecule has 190 valence electrons. The third-order valence-corrected chi connectivity index (χ3v) is 8.89. The summed E-state index contributed by atoms with van der Waals surface area (Å²) in [6.45, 7) is 3.68. The Labute approximate surface area is 211 Å². The average Bonchev–Trinajstić information content (AvgIpc) is 3.52. The first-order chi connectivity index (χ1) is 17.4. The lowest BCUT2D eigenvalue weighted by atomic mass is 10.2. The fraction of sp³-hybridized carbons (Fsp3) is 0.375. The summed E-state index contributed by atoms with van der Waals surface area (Å²) in [5.41, 5.74) is 0.900. The normalized spacial score (nSPS) is 16.4. The summed E-state index contributed by atoms with van der Waals surface area (Å²) < 4.78 is 45.8. The first kappa shape index (κ1) is 24.5. The topological polar surface area (TPSA) is 117 Å². The molecule has 3 aromatic rings. The van der Waals surface area contributed by atoms with E-state index in [9.17, 15) is 18.0 Å². The van der Waals surface area contributed by atoms with Crippen LogP contribution in [0.5, 0.6) is 11.5 Å². The van der Waals surface area contributed by atoms with Crippen LogP contribution in [0.15, 0.2) is 46.3 Å². The minimum atomic E-state index is -3.58. The quantitative estimate of drug-likeness (QED) is 0.449. The lowest BCUT2D eigenvalue weighted by Crippen LogP contribution is -2.27. The zero-order valence-electron chi connectivity index (χ0n) is 19.6. The number of benzene rings is 2. The van der Waals surface area contributed by atoms with Gasteiger partial charge in [-0.15, -0.1) is 0 Å². The van der Waals surface area contributed by atoms with Crippen molar-refractivity contribution in [3.8, 4) is 11.5 Å². The number of fused-ring (bicyclic) bond motifs is 2.